The molecule has 31 heavy (non-hydrogen) atoms. The lowest BCUT2D eigenvalue weighted by Crippen LogP contribution is -2.46. The Morgan fingerprint density at radius 1 is 1.06 bits per heavy atom. The highest BCUT2D eigenvalue weighted by molar-refractivity contribution is 5.84. The lowest BCUT2D eigenvalue weighted by Gasteiger charge is -2.36. The van der Waals surface area contributed by atoms with Crippen molar-refractivity contribution in [2.75, 3.05) is 31.1 Å². The number of hydrogen-bond donors (Lipinski definition) is 1. The zero-order valence-corrected chi connectivity index (χ0v) is 18.4. The van der Waals surface area contributed by atoms with E-state index in [0.717, 1.165) is 54.9 Å². The molecule has 0 bridgehead atoms. The SMILES string of the molecule is CCc1cc2ncc(CN3CCN(c4cc5cnn(C)c5cc4C)CC3)cc2[nH]c1=O. The molecular formula is C24H28N6O. The third kappa shape index (κ3) is 3.70. The first-order valence-electron chi connectivity index (χ1n) is 10.9. The number of fused-ring (bicyclic) bond motifs is 2. The van der Waals surface area contributed by atoms with Crippen molar-refractivity contribution >= 4 is 27.6 Å². The average molecular weight is 417 g/mol. The molecule has 0 amide bonds. The fraction of sp³-hybridized carbons (Fsp3) is 0.375. The normalized spacial score (nSPS) is 15.3. The number of aromatic amines is 1. The summed E-state index contributed by atoms with van der Waals surface area (Å²) in [6.45, 7) is 8.98. The first kappa shape index (κ1) is 19.8. The monoisotopic (exact) mass is 416 g/mol. The molecule has 4 aromatic rings. The summed E-state index contributed by atoms with van der Waals surface area (Å²) in [6, 6.07) is 8.46. The number of pyridine rings is 2. The number of piperazine rings is 1. The molecule has 160 valence electrons. The maximum absolute atomic E-state index is 12.1. The molecule has 1 fully saturated rings. The van der Waals surface area contributed by atoms with E-state index < -0.39 is 0 Å². The molecule has 0 aliphatic carbocycles. The van der Waals surface area contributed by atoms with E-state index in [2.05, 4.69) is 50.0 Å². The molecule has 5 rings (SSSR count). The minimum Gasteiger partial charge on any atom is -0.369 e. The van der Waals surface area contributed by atoms with Crippen LogP contribution in [-0.2, 0) is 20.0 Å². The van der Waals surface area contributed by atoms with Gasteiger partial charge >= 0.3 is 0 Å². The number of benzene rings is 1. The maximum Gasteiger partial charge on any atom is 0.251 e. The third-order valence-corrected chi connectivity index (χ3v) is 6.39. The van der Waals surface area contributed by atoms with Gasteiger partial charge in [0.2, 0.25) is 0 Å². The van der Waals surface area contributed by atoms with Gasteiger partial charge in [0.15, 0.2) is 0 Å². The van der Waals surface area contributed by atoms with Crippen molar-refractivity contribution in [1.29, 1.82) is 0 Å². The Morgan fingerprint density at radius 3 is 2.65 bits per heavy atom. The van der Waals surface area contributed by atoms with E-state index >= 15 is 0 Å². The molecule has 0 radical (unpaired) electrons. The van der Waals surface area contributed by atoms with E-state index in [1.807, 2.05) is 37.1 Å². The quantitative estimate of drug-likeness (QED) is 0.554. The summed E-state index contributed by atoms with van der Waals surface area (Å²) in [5, 5.41) is 5.57. The van der Waals surface area contributed by atoms with Gasteiger partial charge in [0.1, 0.15) is 0 Å². The largest absolute Gasteiger partial charge is 0.369 e. The number of nitrogens with one attached hydrogen (secondary N) is 1. The molecule has 4 heterocycles. The fourth-order valence-electron chi connectivity index (χ4n) is 4.55. The number of anilines is 1. The number of aryl methyl sites for hydroxylation is 3. The van der Waals surface area contributed by atoms with Gasteiger partial charge in [-0.25, -0.2) is 0 Å². The third-order valence-electron chi connectivity index (χ3n) is 6.39. The van der Waals surface area contributed by atoms with Crippen molar-refractivity contribution in [2.24, 2.45) is 7.05 Å². The van der Waals surface area contributed by atoms with E-state index in [9.17, 15) is 4.79 Å². The van der Waals surface area contributed by atoms with E-state index in [-0.39, 0.29) is 5.56 Å². The predicted molar refractivity (Wildman–Crippen MR) is 125 cm³/mol. The molecule has 1 aliphatic heterocycles. The Balaban J connectivity index is 1.29. The van der Waals surface area contributed by atoms with Gasteiger partial charge in [-0.15, -0.1) is 0 Å². The lowest BCUT2D eigenvalue weighted by atomic mass is 10.1. The minimum atomic E-state index is -0.0106. The summed E-state index contributed by atoms with van der Waals surface area (Å²) in [5.41, 5.74) is 7.34. The van der Waals surface area contributed by atoms with Gasteiger partial charge in [0.25, 0.3) is 5.56 Å². The van der Waals surface area contributed by atoms with E-state index in [1.165, 1.54) is 22.2 Å². The number of nitrogens with zero attached hydrogens (tertiary/aromatic N) is 5. The smallest absolute Gasteiger partial charge is 0.251 e. The van der Waals surface area contributed by atoms with Crippen molar-refractivity contribution in [2.45, 2.75) is 26.8 Å². The highest BCUT2D eigenvalue weighted by atomic mass is 16.1. The number of hydrogen-bond acceptors (Lipinski definition) is 5. The highest BCUT2D eigenvalue weighted by Gasteiger charge is 2.20. The van der Waals surface area contributed by atoms with Gasteiger partial charge < -0.3 is 9.88 Å². The Bertz CT molecular complexity index is 1310. The van der Waals surface area contributed by atoms with Crippen molar-refractivity contribution < 1.29 is 0 Å². The van der Waals surface area contributed by atoms with Crippen LogP contribution in [0, 0.1) is 6.92 Å². The maximum atomic E-state index is 12.1. The van der Waals surface area contributed by atoms with E-state index in [0.29, 0.717) is 6.42 Å². The van der Waals surface area contributed by atoms with Crippen LogP contribution in [-0.4, -0.2) is 50.8 Å². The predicted octanol–water partition coefficient (Wildman–Crippen LogP) is 3.00. The van der Waals surface area contributed by atoms with Gasteiger partial charge in [-0.2, -0.15) is 5.10 Å². The summed E-state index contributed by atoms with van der Waals surface area (Å²) in [6.07, 6.45) is 4.59. The lowest BCUT2D eigenvalue weighted by molar-refractivity contribution is 0.249. The van der Waals surface area contributed by atoms with Crippen molar-refractivity contribution in [1.82, 2.24) is 24.6 Å². The second-order valence-electron chi connectivity index (χ2n) is 8.48. The van der Waals surface area contributed by atoms with Crippen LogP contribution in [0.1, 0.15) is 23.6 Å². The molecule has 1 aliphatic rings. The summed E-state index contributed by atoms with van der Waals surface area (Å²) in [4.78, 5) is 24.6. The molecular weight excluding hydrogens is 388 g/mol. The Hall–Kier alpha value is -3.19. The Labute approximate surface area is 181 Å². The van der Waals surface area contributed by atoms with Crippen LogP contribution < -0.4 is 10.5 Å². The molecule has 1 saturated heterocycles. The number of H-pyrrole nitrogens is 1. The molecule has 0 saturated carbocycles. The summed E-state index contributed by atoms with van der Waals surface area (Å²) < 4.78 is 1.93. The second kappa shape index (κ2) is 7.81. The minimum absolute atomic E-state index is 0.0106. The fourth-order valence-corrected chi connectivity index (χ4v) is 4.55. The summed E-state index contributed by atoms with van der Waals surface area (Å²) in [7, 11) is 1.99. The molecule has 3 aromatic heterocycles. The topological polar surface area (TPSA) is 70.1 Å². The number of rotatable bonds is 4. The van der Waals surface area contributed by atoms with Crippen molar-refractivity contribution in [3.63, 3.8) is 0 Å². The van der Waals surface area contributed by atoms with Gasteiger partial charge in [-0.1, -0.05) is 6.92 Å². The zero-order valence-electron chi connectivity index (χ0n) is 18.4. The molecule has 0 spiro atoms. The summed E-state index contributed by atoms with van der Waals surface area (Å²) >= 11 is 0. The van der Waals surface area contributed by atoms with Gasteiger partial charge in [-0.05, 0) is 48.7 Å². The van der Waals surface area contributed by atoms with E-state index in [4.69, 9.17) is 0 Å². The van der Waals surface area contributed by atoms with Gasteiger partial charge in [-0.3, -0.25) is 19.4 Å². The molecule has 0 unspecified atom stereocenters. The molecule has 7 nitrogen and oxygen atoms in total. The van der Waals surface area contributed by atoms with Crippen LogP contribution in [0.3, 0.4) is 0 Å². The zero-order chi connectivity index (χ0) is 21.5. The molecule has 1 N–H and O–H groups in total. The van der Waals surface area contributed by atoms with Crippen LogP contribution in [0.2, 0.25) is 0 Å². The summed E-state index contributed by atoms with van der Waals surface area (Å²) in [5.74, 6) is 0. The van der Waals surface area contributed by atoms with Crippen LogP contribution in [0.25, 0.3) is 21.9 Å². The second-order valence-corrected chi connectivity index (χ2v) is 8.48. The molecule has 0 atom stereocenters. The first-order chi connectivity index (χ1) is 15.0. The first-order valence-corrected chi connectivity index (χ1v) is 10.9. The van der Waals surface area contributed by atoms with Crippen molar-refractivity contribution in [3.05, 3.63) is 63.7 Å². The van der Waals surface area contributed by atoms with Crippen LogP contribution in [0.4, 0.5) is 5.69 Å². The Kier molecular flexibility index (Phi) is 4.98. The van der Waals surface area contributed by atoms with Crippen LogP contribution in [0.15, 0.2) is 41.5 Å². The van der Waals surface area contributed by atoms with Crippen molar-refractivity contribution in [3.8, 4) is 0 Å². The standard InChI is InChI=1S/C24H28N6O/c1-4-18-11-20-21(27-24(18)31)10-17(13-25-20)15-29-5-7-30(8-6-29)22-12-19-14-26-28(3)23(19)9-16(22)2/h9-14H,4-8,15H2,1-3H3,(H,27,31). The molecule has 7 heteroatoms. The molecule has 1 aromatic carbocycles. The highest BCUT2D eigenvalue weighted by Crippen LogP contribution is 2.27. The number of aromatic nitrogens is 4. The average Bonchev–Trinajstić information content (AvgIpc) is 3.13. The van der Waals surface area contributed by atoms with Gasteiger partial charge in [0.05, 0.1) is 22.7 Å². The Morgan fingerprint density at radius 2 is 1.87 bits per heavy atom. The van der Waals surface area contributed by atoms with Crippen LogP contribution >= 0.6 is 0 Å². The van der Waals surface area contributed by atoms with E-state index in [1.54, 1.807) is 0 Å². The van der Waals surface area contributed by atoms with Crippen LogP contribution in [0.5, 0.6) is 0 Å². The van der Waals surface area contributed by atoms with Gasteiger partial charge in [0, 0.05) is 62.6 Å².